The lowest BCUT2D eigenvalue weighted by Crippen LogP contribution is -2.49. The summed E-state index contributed by atoms with van der Waals surface area (Å²) in [4.78, 5) is 16.1. The number of fused-ring (bicyclic) bond motifs is 1. The van der Waals surface area contributed by atoms with Crippen LogP contribution < -0.4 is 10.1 Å². The van der Waals surface area contributed by atoms with Crippen LogP contribution in [0.3, 0.4) is 0 Å². The van der Waals surface area contributed by atoms with Crippen molar-refractivity contribution in [1.82, 2.24) is 19.9 Å². The predicted molar refractivity (Wildman–Crippen MR) is 98.6 cm³/mol. The Morgan fingerprint density at radius 3 is 2.77 bits per heavy atom. The zero-order valence-corrected chi connectivity index (χ0v) is 15.2. The third-order valence-corrected chi connectivity index (χ3v) is 5.37. The van der Waals surface area contributed by atoms with Crippen LogP contribution in [0.4, 0.5) is 0 Å². The predicted octanol–water partition coefficient (Wildman–Crippen LogP) is 2.90. The number of pyridine rings is 1. The highest BCUT2D eigenvalue weighted by atomic mass is 16.5. The standard InChI is InChI=1S/C20H22N4O2/c1-13-11-15(12-24-18(13)22-17(23-24)19(25)21-3)26-16-9-10-20(16,2)14-7-5-4-6-8-14/h4-8,11-12,16H,9-10H2,1-3H3,(H,21,25). The fraction of sp³-hybridized carbons (Fsp3) is 0.350. The van der Waals surface area contributed by atoms with Crippen LogP contribution in [0.15, 0.2) is 42.6 Å². The Hall–Kier alpha value is -2.89. The van der Waals surface area contributed by atoms with Crippen molar-refractivity contribution in [2.45, 2.75) is 38.2 Å². The Balaban J connectivity index is 1.62. The van der Waals surface area contributed by atoms with Gasteiger partial charge in [0.15, 0.2) is 5.65 Å². The number of hydrogen-bond acceptors (Lipinski definition) is 4. The quantitative estimate of drug-likeness (QED) is 0.786. The molecular formula is C20H22N4O2. The molecule has 0 aliphatic heterocycles. The van der Waals surface area contributed by atoms with Crippen molar-refractivity contribution in [3.63, 3.8) is 0 Å². The molecule has 134 valence electrons. The van der Waals surface area contributed by atoms with E-state index in [1.54, 1.807) is 17.8 Å². The molecule has 0 radical (unpaired) electrons. The number of ether oxygens (including phenoxy) is 1. The maximum absolute atomic E-state index is 11.8. The first-order valence-corrected chi connectivity index (χ1v) is 8.82. The Labute approximate surface area is 152 Å². The van der Waals surface area contributed by atoms with Crippen LogP contribution in [0.25, 0.3) is 5.65 Å². The molecule has 2 aromatic heterocycles. The van der Waals surface area contributed by atoms with Crippen molar-refractivity contribution < 1.29 is 9.53 Å². The van der Waals surface area contributed by atoms with Gasteiger partial charge in [0.1, 0.15) is 11.9 Å². The summed E-state index contributed by atoms with van der Waals surface area (Å²) >= 11 is 0. The van der Waals surface area contributed by atoms with Gasteiger partial charge in [0, 0.05) is 12.5 Å². The third-order valence-electron chi connectivity index (χ3n) is 5.37. The minimum atomic E-state index is -0.300. The molecular weight excluding hydrogens is 328 g/mol. The normalized spacial score (nSPS) is 22.0. The molecule has 2 atom stereocenters. The van der Waals surface area contributed by atoms with Crippen LogP contribution in [0.5, 0.6) is 5.75 Å². The average Bonchev–Trinajstić information content (AvgIpc) is 3.09. The highest BCUT2D eigenvalue weighted by Crippen LogP contribution is 2.45. The van der Waals surface area contributed by atoms with Crippen LogP contribution in [0, 0.1) is 6.92 Å². The number of benzene rings is 1. The highest BCUT2D eigenvalue weighted by Gasteiger charge is 2.46. The second-order valence-corrected chi connectivity index (χ2v) is 7.07. The second kappa shape index (κ2) is 6.12. The van der Waals surface area contributed by atoms with E-state index in [1.807, 2.05) is 19.1 Å². The van der Waals surface area contributed by atoms with Crippen molar-refractivity contribution in [2.24, 2.45) is 0 Å². The summed E-state index contributed by atoms with van der Waals surface area (Å²) in [5.74, 6) is 0.604. The molecule has 6 heteroatoms. The van der Waals surface area contributed by atoms with Gasteiger partial charge in [-0.15, -0.1) is 5.10 Å². The Kier molecular flexibility index (Phi) is 3.90. The summed E-state index contributed by atoms with van der Waals surface area (Å²) in [6.07, 6.45) is 4.03. The van der Waals surface area contributed by atoms with Gasteiger partial charge in [-0.1, -0.05) is 37.3 Å². The third kappa shape index (κ3) is 2.62. The number of aryl methyl sites for hydroxylation is 1. The minimum Gasteiger partial charge on any atom is -0.488 e. The van der Waals surface area contributed by atoms with Gasteiger partial charge in [-0.3, -0.25) is 4.79 Å². The number of carbonyl (C=O) groups is 1. The smallest absolute Gasteiger partial charge is 0.290 e. The Morgan fingerprint density at radius 2 is 2.12 bits per heavy atom. The lowest BCUT2D eigenvalue weighted by Gasteiger charge is -2.47. The van der Waals surface area contributed by atoms with Crippen molar-refractivity contribution in [2.75, 3.05) is 7.05 Å². The zero-order valence-electron chi connectivity index (χ0n) is 15.2. The molecule has 6 nitrogen and oxygen atoms in total. The average molecular weight is 350 g/mol. The summed E-state index contributed by atoms with van der Waals surface area (Å²) in [6.45, 7) is 4.20. The van der Waals surface area contributed by atoms with Crippen LogP contribution >= 0.6 is 0 Å². The molecule has 0 saturated heterocycles. The van der Waals surface area contributed by atoms with Crippen LogP contribution in [-0.4, -0.2) is 33.7 Å². The molecule has 1 aliphatic carbocycles. The number of aromatic nitrogens is 3. The Bertz CT molecular complexity index is 967. The van der Waals surface area contributed by atoms with Gasteiger partial charge in [0.05, 0.1) is 6.20 Å². The fourth-order valence-electron chi connectivity index (χ4n) is 3.59. The molecule has 0 bridgehead atoms. The number of amides is 1. The molecule has 1 amide bonds. The molecule has 2 heterocycles. The minimum absolute atomic E-state index is 0.0136. The zero-order chi connectivity index (χ0) is 18.3. The van der Waals surface area contributed by atoms with Crippen molar-refractivity contribution in [3.05, 3.63) is 59.5 Å². The van der Waals surface area contributed by atoms with E-state index in [-0.39, 0.29) is 23.3 Å². The summed E-state index contributed by atoms with van der Waals surface area (Å²) in [7, 11) is 1.57. The molecule has 3 aromatic rings. The topological polar surface area (TPSA) is 68.5 Å². The number of rotatable bonds is 4. The maximum Gasteiger partial charge on any atom is 0.290 e. The molecule has 1 saturated carbocycles. The van der Waals surface area contributed by atoms with Gasteiger partial charge in [-0.25, -0.2) is 9.50 Å². The monoisotopic (exact) mass is 350 g/mol. The lowest BCUT2D eigenvalue weighted by molar-refractivity contribution is 0.0254. The summed E-state index contributed by atoms with van der Waals surface area (Å²) in [5.41, 5.74) is 2.90. The molecule has 4 rings (SSSR count). The molecule has 1 N–H and O–H groups in total. The van der Waals surface area contributed by atoms with E-state index < -0.39 is 0 Å². The van der Waals surface area contributed by atoms with E-state index in [0.29, 0.717) is 5.65 Å². The first-order valence-electron chi connectivity index (χ1n) is 8.82. The number of carbonyl (C=O) groups excluding carboxylic acids is 1. The van der Waals surface area contributed by atoms with E-state index in [0.717, 1.165) is 24.2 Å². The number of nitrogens with zero attached hydrogens (tertiary/aromatic N) is 3. The largest absolute Gasteiger partial charge is 0.488 e. The Morgan fingerprint density at radius 1 is 1.35 bits per heavy atom. The number of nitrogens with one attached hydrogen (secondary N) is 1. The van der Waals surface area contributed by atoms with E-state index in [9.17, 15) is 4.79 Å². The summed E-state index contributed by atoms with van der Waals surface area (Å²) in [6, 6.07) is 12.5. The van der Waals surface area contributed by atoms with Crippen LogP contribution in [0.2, 0.25) is 0 Å². The van der Waals surface area contributed by atoms with Crippen LogP contribution in [-0.2, 0) is 5.41 Å². The van der Waals surface area contributed by atoms with E-state index in [4.69, 9.17) is 4.74 Å². The second-order valence-electron chi connectivity index (χ2n) is 7.07. The molecule has 1 aliphatic rings. The fourth-order valence-corrected chi connectivity index (χ4v) is 3.59. The van der Waals surface area contributed by atoms with E-state index in [1.165, 1.54) is 5.56 Å². The molecule has 26 heavy (non-hydrogen) atoms. The van der Waals surface area contributed by atoms with Gasteiger partial charge in [0.2, 0.25) is 5.82 Å². The summed E-state index contributed by atoms with van der Waals surface area (Å²) in [5, 5.41) is 6.81. The first-order chi connectivity index (χ1) is 12.5. The molecule has 2 unspecified atom stereocenters. The van der Waals surface area contributed by atoms with Gasteiger partial charge in [-0.05, 0) is 37.0 Å². The molecule has 1 fully saturated rings. The maximum atomic E-state index is 11.8. The number of hydrogen-bond donors (Lipinski definition) is 1. The van der Waals surface area contributed by atoms with Crippen LogP contribution in [0.1, 0.15) is 41.5 Å². The van der Waals surface area contributed by atoms with Crippen molar-refractivity contribution >= 4 is 11.6 Å². The molecule has 1 aromatic carbocycles. The van der Waals surface area contributed by atoms with Gasteiger partial charge >= 0.3 is 0 Å². The van der Waals surface area contributed by atoms with E-state index in [2.05, 4.69) is 46.6 Å². The van der Waals surface area contributed by atoms with Crippen molar-refractivity contribution in [3.8, 4) is 5.75 Å². The first kappa shape index (κ1) is 16.6. The van der Waals surface area contributed by atoms with Gasteiger partial charge < -0.3 is 10.1 Å². The SMILES string of the molecule is CNC(=O)c1nc2c(C)cc(OC3CCC3(C)c3ccccc3)cn2n1. The lowest BCUT2D eigenvalue weighted by atomic mass is 9.63. The van der Waals surface area contributed by atoms with Crippen molar-refractivity contribution in [1.29, 1.82) is 0 Å². The van der Waals surface area contributed by atoms with Gasteiger partial charge in [-0.2, -0.15) is 0 Å². The molecule has 0 spiro atoms. The summed E-state index contributed by atoms with van der Waals surface area (Å²) < 4.78 is 7.93. The highest BCUT2D eigenvalue weighted by molar-refractivity contribution is 5.90. The van der Waals surface area contributed by atoms with Gasteiger partial charge in [0.25, 0.3) is 5.91 Å². The van der Waals surface area contributed by atoms with E-state index >= 15 is 0 Å².